The van der Waals surface area contributed by atoms with Crippen LogP contribution in [0.4, 0.5) is 5.82 Å². The molecular weight excluding hydrogens is 242 g/mol. The van der Waals surface area contributed by atoms with Crippen LogP contribution >= 0.6 is 0 Å². The maximum atomic E-state index is 10.1. The number of aromatic nitrogens is 2. The molecule has 0 aliphatic carbocycles. The molecule has 0 aliphatic heterocycles. The molecule has 1 atom stereocenters. The van der Waals surface area contributed by atoms with Crippen LogP contribution in [0, 0.1) is 6.92 Å². The minimum Gasteiger partial charge on any atom is -0.481 e. The number of methoxy groups -OCH3 is 1. The zero-order valence-electron chi connectivity index (χ0n) is 11.0. The summed E-state index contributed by atoms with van der Waals surface area (Å²) in [4.78, 5) is 8.15. The number of nitrogens with one attached hydrogen (secondary N) is 1. The SMILES string of the molecule is COc1ncnc(NCC(O)c2ccccc2)c1C. The van der Waals surface area contributed by atoms with Gasteiger partial charge in [-0.3, -0.25) is 0 Å². The molecule has 2 aromatic rings. The van der Waals surface area contributed by atoms with E-state index in [2.05, 4.69) is 15.3 Å². The normalized spacial score (nSPS) is 11.9. The lowest BCUT2D eigenvalue weighted by molar-refractivity contribution is 0.191. The summed E-state index contributed by atoms with van der Waals surface area (Å²) in [5.74, 6) is 1.20. The fourth-order valence-electron chi connectivity index (χ4n) is 1.80. The van der Waals surface area contributed by atoms with E-state index in [1.54, 1.807) is 7.11 Å². The van der Waals surface area contributed by atoms with Crippen molar-refractivity contribution in [3.63, 3.8) is 0 Å². The lowest BCUT2D eigenvalue weighted by Crippen LogP contribution is -2.14. The highest BCUT2D eigenvalue weighted by Gasteiger charge is 2.10. The first-order valence-corrected chi connectivity index (χ1v) is 6.05. The Balaban J connectivity index is 2.03. The number of hydrogen-bond acceptors (Lipinski definition) is 5. The number of anilines is 1. The van der Waals surface area contributed by atoms with Crippen LogP contribution in [0.5, 0.6) is 5.88 Å². The van der Waals surface area contributed by atoms with E-state index in [1.165, 1.54) is 6.33 Å². The van der Waals surface area contributed by atoms with E-state index >= 15 is 0 Å². The first kappa shape index (κ1) is 13.3. The Labute approximate surface area is 112 Å². The van der Waals surface area contributed by atoms with Crippen LogP contribution in [0.25, 0.3) is 0 Å². The second-order valence-electron chi connectivity index (χ2n) is 4.16. The van der Waals surface area contributed by atoms with Crippen molar-refractivity contribution in [2.24, 2.45) is 0 Å². The predicted octanol–water partition coefficient (Wildman–Crippen LogP) is 1.94. The third-order valence-corrected chi connectivity index (χ3v) is 2.88. The number of aliphatic hydroxyl groups excluding tert-OH is 1. The van der Waals surface area contributed by atoms with Gasteiger partial charge in [-0.2, -0.15) is 0 Å². The highest BCUT2D eigenvalue weighted by molar-refractivity contribution is 5.47. The Bertz CT molecular complexity index is 531. The number of benzene rings is 1. The molecule has 1 aromatic carbocycles. The van der Waals surface area contributed by atoms with E-state index in [9.17, 15) is 5.11 Å². The number of rotatable bonds is 5. The molecule has 0 radical (unpaired) electrons. The Morgan fingerprint density at radius 3 is 2.68 bits per heavy atom. The van der Waals surface area contributed by atoms with Crippen molar-refractivity contribution in [1.82, 2.24) is 9.97 Å². The second kappa shape index (κ2) is 6.15. The molecule has 1 heterocycles. The first-order valence-electron chi connectivity index (χ1n) is 6.05. The molecule has 0 amide bonds. The standard InChI is InChI=1S/C14H17N3O2/c1-10-13(16-9-17-14(10)19-2)15-8-12(18)11-6-4-3-5-7-11/h3-7,9,12,18H,8H2,1-2H3,(H,15,16,17). The summed E-state index contributed by atoms with van der Waals surface area (Å²) in [5, 5.41) is 13.2. The molecule has 2 rings (SSSR count). The van der Waals surface area contributed by atoms with E-state index in [-0.39, 0.29) is 0 Å². The molecule has 1 unspecified atom stereocenters. The Morgan fingerprint density at radius 1 is 1.26 bits per heavy atom. The lowest BCUT2D eigenvalue weighted by atomic mass is 10.1. The van der Waals surface area contributed by atoms with Crippen molar-refractivity contribution in [3.8, 4) is 5.88 Å². The van der Waals surface area contributed by atoms with Gasteiger partial charge in [-0.25, -0.2) is 9.97 Å². The van der Waals surface area contributed by atoms with Gasteiger partial charge in [-0.15, -0.1) is 0 Å². The van der Waals surface area contributed by atoms with E-state index in [4.69, 9.17) is 4.74 Å². The van der Waals surface area contributed by atoms with Crippen LogP contribution in [0.3, 0.4) is 0 Å². The molecule has 0 spiro atoms. The predicted molar refractivity (Wildman–Crippen MR) is 73.2 cm³/mol. The first-order chi connectivity index (χ1) is 9.22. The highest BCUT2D eigenvalue weighted by atomic mass is 16.5. The zero-order valence-corrected chi connectivity index (χ0v) is 11.0. The molecule has 0 saturated carbocycles. The van der Waals surface area contributed by atoms with Crippen molar-refractivity contribution >= 4 is 5.82 Å². The number of ether oxygens (including phenoxy) is 1. The molecule has 1 aromatic heterocycles. The van der Waals surface area contributed by atoms with Crippen molar-refractivity contribution in [3.05, 3.63) is 47.8 Å². The molecular formula is C14H17N3O2. The number of aliphatic hydroxyl groups is 1. The molecule has 0 fully saturated rings. The molecule has 5 heteroatoms. The molecule has 0 saturated heterocycles. The highest BCUT2D eigenvalue weighted by Crippen LogP contribution is 2.21. The summed E-state index contributed by atoms with van der Waals surface area (Å²) >= 11 is 0. The minimum absolute atomic E-state index is 0.380. The maximum Gasteiger partial charge on any atom is 0.221 e. The molecule has 5 nitrogen and oxygen atoms in total. The Morgan fingerprint density at radius 2 is 2.00 bits per heavy atom. The van der Waals surface area contributed by atoms with E-state index in [0.717, 1.165) is 11.1 Å². The van der Waals surface area contributed by atoms with Gasteiger partial charge in [-0.05, 0) is 12.5 Å². The summed E-state index contributed by atoms with van der Waals surface area (Å²) in [6.07, 6.45) is 0.852. The van der Waals surface area contributed by atoms with Gasteiger partial charge in [-0.1, -0.05) is 30.3 Å². The zero-order chi connectivity index (χ0) is 13.7. The Hall–Kier alpha value is -2.14. The third-order valence-electron chi connectivity index (χ3n) is 2.88. The van der Waals surface area contributed by atoms with Crippen molar-refractivity contribution in [1.29, 1.82) is 0 Å². The number of nitrogens with zero attached hydrogens (tertiary/aromatic N) is 2. The molecule has 19 heavy (non-hydrogen) atoms. The van der Waals surface area contributed by atoms with Gasteiger partial charge in [0.25, 0.3) is 0 Å². The number of hydrogen-bond donors (Lipinski definition) is 2. The van der Waals surface area contributed by atoms with Crippen LogP contribution < -0.4 is 10.1 Å². The fourth-order valence-corrected chi connectivity index (χ4v) is 1.80. The molecule has 0 aliphatic rings. The maximum absolute atomic E-state index is 10.1. The summed E-state index contributed by atoms with van der Waals surface area (Å²) in [6, 6.07) is 9.50. The molecule has 2 N–H and O–H groups in total. The van der Waals surface area contributed by atoms with Crippen LogP contribution in [-0.4, -0.2) is 28.7 Å². The average molecular weight is 259 g/mol. The fraction of sp³-hybridized carbons (Fsp3) is 0.286. The smallest absolute Gasteiger partial charge is 0.221 e. The van der Waals surface area contributed by atoms with Crippen LogP contribution in [0.1, 0.15) is 17.2 Å². The molecule has 100 valence electrons. The van der Waals surface area contributed by atoms with E-state index in [1.807, 2.05) is 37.3 Å². The van der Waals surface area contributed by atoms with Gasteiger partial charge in [0.2, 0.25) is 5.88 Å². The van der Waals surface area contributed by atoms with Crippen molar-refractivity contribution in [2.75, 3.05) is 19.0 Å². The van der Waals surface area contributed by atoms with Crippen LogP contribution in [-0.2, 0) is 0 Å². The van der Waals surface area contributed by atoms with Gasteiger partial charge < -0.3 is 15.2 Å². The Kier molecular flexibility index (Phi) is 4.30. The third kappa shape index (κ3) is 3.20. The van der Waals surface area contributed by atoms with Gasteiger partial charge in [0, 0.05) is 6.54 Å². The summed E-state index contributed by atoms with van der Waals surface area (Å²) in [7, 11) is 1.57. The largest absolute Gasteiger partial charge is 0.481 e. The lowest BCUT2D eigenvalue weighted by Gasteiger charge is -2.14. The van der Waals surface area contributed by atoms with Gasteiger partial charge in [0.15, 0.2) is 0 Å². The van der Waals surface area contributed by atoms with E-state index in [0.29, 0.717) is 18.2 Å². The quantitative estimate of drug-likeness (QED) is 0.859. The minimum atomic E-state index is -0.582. The summed E-state index contributed by atoms with van der Waals surface area (Å²) in [6.45, 7) is 2.25. The van der Waals surface area contributed by atoms with Gasteiger partial charge in [0.1, 0.15) is 12.1 Å². The average Bonchev–Trinajstić information content (AvgIpc) is 2.47. The van der Waals surface area contributed by atoms with Gasteiger partial charge in [0.05, 0.1) is 18.8 Å². The monoisotopic (exact) mass is 259 g/mol. The summed E-state index contributed by atoms with van der Waals surface area (Å²) < 4.78 is 5.12. The molecule has 0 bridgehead atoms. The second-order valence-corrected chi connectivity index (χ2v) is 4.16. The van der Waals surface area contributed by atoms with Crippen molar-refractivity contribution in [2.45, 2.75) is 13.0 Å². The van der Waals surface area contributed by atoms with Crippen LogP contribution in [0.2, 0.25) is 0 Å². The topological polar surface area (TPSA) is 67.3 Å². The van der Waals surface area contributed by atoms with Crippen molar-refractivity contribution < 1.29 is 9.84 Å². The van der Waals surface area contributed by atoms with E-state index < -0.39 is 6.10 Å². The van der Waals surface area contributed by atoms with Crippen LogP contribution in [0.15, 0.2) is 36.7 Å². The summed E-state index contributed by atoms with van der Waals surface area (Å²) in [5.41, 5.74) is 1.69. The van der Waals surface area contributed by atoms with Gasteiger partial charge >= 0.3 is 0 Å².